The van der Waals surface area contributed by atoms with Crippen LogP contribution in [0.2, 0.25) is 0 Å². The Kier molecular flexibility index (Phi) is 14.7. The Hall–Kier alpha value is -3.71. The number of nitrogens with one attached hydrogen (secondary N) is 4. The molecule has 1 aliphatic heterocycles. The van der Waals surface area contributed by atoms with Crippen molar-refractivity contribution >= 4 is 29.5 Å². The number of ether oxygens (including phenoxy) is 1. The van der Waals surface area contributed by atoms with Gasteiger partial charge in [-0.05, 0) is 56.2 Å². The van der Waals surface area contributed by atoms with Gasteiger partial charge in [0.05, 0.1) is 19.1 Å². The van der Waals surface area contributed by atoms with Crippen LogP contribution >= 0.6 is 0 Å². The zero-order valence-electron chi connectivity index (χ0n) is 24.8. The zero-order chi connectivity index (χ0) is 31.1. The Labute approximate surface area is 247 Å². The van der Waals surface area contributed by atoms with Crippen LogP contribution in [-0.2, 0) is 30.4 Å². The molecule has 1 aromatic rings. The van der Waals surface area contributed by atoms with E-state index in [1.54, 1.807) is 29.2 Å². The number of nitrogens with two attached hydrogens (primary N) is 1. The van der Waals surface area contributed by atoms with Gasteiger partial charge < -0.3 is 41.7 Å². The second kappa shape index (κ2) is 18.0. The average Bonchev–Trinajstić information content (AvgIpc) is 2.93. The minimum absolute atomic E-state index is 0.0381. The number of aliphatic hydroxyl groups is 1. The van der Waals surface area contributed by atoms with E-state index in [0.29, 0.717) is 56.6 Å². The molecule has 13 heteroatoms. The number of nitrogens with zero attached hydrogens (tertiary/aromatic N) is 1. The van der Waals surface area contributed by atoms with Crippen molar-refractivity contribution in [1.29, 1.82) is 0 Å². The van der Waals surface area contributed by atoms with Crippen LogP contribution in [0.25, 0.3) is 0 Å². The second-order valence-electron chi connectivity index (χ2n) is 10.9. The number of carbonyl (C=O) groups excluding carboxylic acids is 5. The van der Waals surface area contributed by atoms with Gasteiger partial charge in [0.25, 0.3) is 5.91 Å². The third-order valence-corrected chi connectivity index (χ3v) is 6.66. The quantitative estimate of drug-likeness (QED) is 0.263. The number of benzene rings is 1. The van der Waals surface area contributed by atoms with Crippen LogP contribution in [0, 0.1) is 5.92 Å². The Balaban J connectivity index is 2.21. The smallest absolute Gasteiger partial charge is 0.257 e. The number of rotatable bonds is 4. The molecular formula is C29H46N6O7. The summed E-state index contributed by atoms with van der Waals surface area (Å²) in [6.45, 7) is 6.31. The summed E-state index contributed by atoms with van der Waals surface area (Å²) < 4.78 is 5.59. The van der Waals surface area contributed by atoms with Crippen molar-refractivity contribution in [1.82, 2.24) is 26.2 Å². The first-order valence-corrected chi connectivity index (χ1v) is 14.5. The lowest BCUT2D eigenvalue weighted by Gasteiger charge is -2.26. The average molecular weight is 591 g/mol. The van der Waals surface area contributed by atoms with E-state index in [4.69, 9.17) is 10.5 Å². The molecule has 0 saturated carbocycles. The lowest BCUT2D eigenvalue weighted by Crippen LogP contribution is -2.57. The van der Waals surface area contributed by atoms with Gasteiger partial charge in [-0.3, -0.25) is 24.0 Å². The van der Waals surface area contributed by atoms with E-state index in [1.165, 1.54) is 6.92 Å². The Morgan fingerprint density at radius 1 is 1.00 bits per heavy atom. The maximum atomic E-state index is 13.2. The molecule has 0 unspecified atom stereocenters. The van der Waals surface area contributed by atoms with E-state index in [9.17, 15) is 29.1 Å². The first-order valence-electron chi connectivity index (χ1n) is 14.5. The van der Waals surface area contributed by atoms with Crippen LogP contribution in [0.15, 0.2) is 24.3 Å². The highest BCUT2D eigenvalue weighted by Gasteiger charge is 2.30. The topological polar surface area (TPSA) is 192 Å². The van der Waals surface area contributed by atoms with Crippen LogP contribution in [-0.4, -0.2) is 97.1 Å². The summed E-state index contributed by atoms with van der Waals surface area (Å²) in [5, 5.41) is 21.1. The molecule has 13 nitrogen and oxygen atoms in total. The normalized spacial score (nSPS) is 21.6. The number of fused-ring (bicyclic) bond motifs is 2. The maximum absolute atomic E-state index is 13.2. The molecule has 234 valence electrons. The van der Waals surface area contributed by atoms with Crippen molar-refractivity contribution in [2.24, 2.45) is 11.7 Å². The molecule has 2 rings (SSSR count). The molecule has 1 aromatic carbocycles. The van der Waals surface area contributed by atoms with Crippen LogP contribution in [0.4, 0.5) is 0 Å². The summed E-state index contributed by atoms with van der Waals surface area (Å²) in [7, 11) is 0. The summed E-state index contributed by atoms with van der Waals surface area (Å²) >= 11 is 0. The number of hydrogen-bond donors (Lipinski definition) is 6. The zero-order valence-corrected chi connectivity index (χ0v) is 24.8. The van der Waals surface area contributed by atoms with E-state index in [1.807, 2.05) is 13.8 Å². The van der Waals surface area contributed by atoms with Crippen LogP contribution in [0.5, 0.6) is 5.75 Å². The summed E-state index contributed by atoms with van der Waals surface area (Å²) in [4.78, 5) is 65.1. The fourth-order valence-corrected chi connectivity index (χ4v) is 4.48. The van der Waals surface area contributed by atoms with Gasteiger partial charge >= 0.3 is 0 Å². The Morgan fingerprint density at radius 2 is 1.71 bits per heavy atom. The summed E-state index contributed by atoms with van der Waals surface area (Å²) in [6.07, 6.45) is 0.752. The molecule has 0 saturated heterocycles. The molecule has 0 spiro atoms. The van der Waals surface area contributed by atoms with Gasteiger partial charge in [-0.2, -0.15) is 0 Å². The van der Waals surface area contributed by atoms with Gasteiger partial charge in [-0.15, -0.1) is 0 Å². The van der Waals surface area contributed by atoms with Crippen LogP contribution in [0.3, 0.4) is 0 Å². The fourth-order valence-electron chi connectivity index (χ4n) is 4.48. The molecule has 7 N–H and O–H groups in total. The number of carbonyl (C=O) groups is 5. The first kappa shape index (κ1) is 34.5. The minimum atomic E-state index is -1.21. The van der Waals surface area contributed by atoms with Crippen molar-refractivity contribution in [3.63, 3.8) is 0 Å². The molecule has 5 amide bonds. The largest absolute Gasteiger partial charge is 0.484 e. The van der Waals surface area contributed by atoms with Gasteiger partial charge in [0, 0.05) is 26.2 Å². The van der Waals surface area contributed by atoms with E-state index in [0.717, 1.165) is 0 Å². The molecule has 42 heavy (non-hydrogen) atoms. The van der Waals surface area contributed by atoms with E-state index in [-0.39, 0.29) is 43.8 Å². The molecular weight excluding hydrogens is 544 g/mol. The van der Waals surface area contributed by atoms with Gasteiger partial charge in [-0.1, -0.05) is 26.0 Å². The van der Waals surface area contributed by atoms with Crippen molar-refractivity contribution in [3.05, 3.63) is 29.8 Å². The van der Waals surface area contributed by atoms with Gasteiger partial charge in [0.1, 0.15) is 17.8 Å². The predicted molar refractivity (Wildman–Crippen MR) is 156 cm³/mol. The van der Waals surface area contributed by atoms with Crippen LogP contribution < -0.4 is 31.7 Å². The maximum Gasteiger partial charge on any atom is 0.257 e. The van der Waals surface area contributed by atoms with Gasteiger partial charge in [-0.25, -0.2) is 0 Å². The lowest BCUT2D eigenvalue weighted by atomic mass is 10.0. The summed E-state index contributed by atoms with van der Waals surface area (Å²) in [5.74, 6) is -1.60. The SMILES string of the molecule is CC(C)C[C@H]1NC(=O)Cc2cccc(c2)OCC(=O)NCCCN(C(=O)CN)CCCCNC(=O)[C@H]([C@@H](C)O)NC1=O. The molecule has 1 heterocycles. The lowest BCUT2D eigenvalue weighted by molar-refractivity contribution is -0.134. The number of hydrogen-bond acceptors (Lipinski definition) is 8. The third-order valence-electron chi connectivity index (χ3n) is 6.66. The minimum Gasteiger partial charge on any atom is -0.484 e. The number of aliphatic hydroxyl groups excluding tert-OH is 1. The summed E-state index contributed by atoms with van der Waals surface area (Å²) in [6, 6.07) is 4.61. The van der Waals surface area contributed by atoms with Crippen molar-refractivity contribution in [3.8, 4) is 5.75 Å². The monoisotopic (exact) mass is 590 g/mol. The number of amides is 5. The molecule has 2 bridgehead atoms. The Morgan fingerprint density at radius 3 is 2.40 bits per heavy atom. The molecule has 0 aromatic heterocycles. The standard InChI is InChI=1S/C29H46N6O7/c1-19(2)14-23-28(40)34-27(20(3)36)29(41)32-10-4-5-12-35(26(39)17-30)13-7-11-31-25(38)18-42-22-9-6-8-21(15-22)16-24(37)33-23/h6,8-9,15,19-20,23,27,36H,4-5,7,10-14,16-18,30H2,1-3H3,(H,31,38)(H,32,41)(H,33,37)(H,34,40)/t20-,23-,27+/m1/s1. The fraction of sp³-hybridized carbons (Fsp3) is 0.621. The van der Waals surface area contributed by atoms with Gasteiger partial charge in [0.2, 0.25) is 23.6 Å². The Bertz CT molecular complexity index is 1060. The predicted octanol–water partition coefficient (Wildman–Crippen LogP) is -0.792. The molecule has 0 radical (unpaired) electrons. The van der Waals surface area contributed by atoms with Crippen molar-refractivity contribution < 1.29 is 33.8 Å². The third kappa shape index (κ3) is 12.4. The van der Waals surface area contributed by atoms with Crippen molar-refractivity contribution in [2.45, 2.75) is 71.1 Å². The van der Waals surface area contributed by atoms with E-state index < -0.39 is 35.9 Å². The molecule has 0 fully saturated rings. The van der Waals surface area contributed by atoms with E-state index in [2.05, 4.69) is 21.3 Å². The highest BCUT2D eigenvalue weighted by molar-refractivity contribution is 5.92. The highest BCUT2D eigenvalue weighted by Crippen LogP contribution is 2.14. The molecule has 1 aliphatic rings. The summed E-state index contributed by atoms with van der Waals surface area (Å²) in [5.41, 5.74) is 6.18. The van der Waals surface area contributed by atoms with Crippen LogP contribution in [0.1, 0.15) is 52.0 Å². The van der Waals surface area contributed by atoms with E-state index >= 15 is 0 Å². The van der Waals surface area contributed by atoms with Gasteiger partial charge in [0.15, 0.2) is 6.61 Å². The first-order chi connectivity index (χ1) is 20.0. The highest BCUT2D eigenvalue weighted by atomic mass is 16.5. The molecule has 0 aliphatic carbocycles. The van der Waals surface area contributed by atoms with Crippen molar-refractivity contribution in [2.75, 3.05) is 39.3 Å². The molecule has 3 atom stereocenters. The second-order valence-corrected chi connectivity index (χ2v) is 10.9.